The van der Waals surface area contributed by atoms with E-state index in [1.54, 1.807) is 4.90 Å². The Balaban J connectivity index is 2.00. The Kier molecular flexibility index (Phi) is 2.95. The maximum absolute atomic E-state index is 11.7. The van der Waals surface area contributed by atoms with Crippen molar-refractivity contribution in [2.45, 2.75) is 13.8 Å². The molecule has 3 nitrogen and oxygen atoms in total. The average molecular weight is 217 g/mol. The number of carbonyl (C=O) groups is 1. The number of nitrogens with zero attached hydrogens (tertiary/aromatic N) is 1. The van der Waals surface area contributed by atoms with Gasteiger partial charge in [0.05, 0.1) is 0 Å². The van der Waals surface area contributed by atoms with Gasteiger partial charge in [0.25, 0.3) is 0 Å². The van der Waals surface area contributed by atoms with Gasteiger partial charge >= 0.3 is 6.09 Å². The van der Waals surface area contributed by atoms with Crippen LogP contribution in [0.2, 0.25) is 0 Å². The van der Waals surface area contributed by atoms with Crippen molar-refractivity contribution >= 4 is 6.09 Å². The summed E-state index contributed by atoms with van der Waals surface area (Å²) >= 11 is 0. The predicted molar refractivity (Wildman–Crippen MR) is 62.8 cm³/mol. The number of fused-ring (bicyclic) bond motifs is 1. The van der Waals surface area contributed by atoms with Crippen LogP contribution in [0.1, 0.15) is 13.8 Å². The maximum atomic E-state index is 11.7. The zero-order valence-electron chi connectivity index (χ0n) is 9.56. The summed E-state index contributed by atoms with van der Waals surface area (Å²) in [6.45, 7) is 5.21. The molecule has 16 heavy (non-hydrogen) atoms. The third-order valence-electron chi connectivity index (χ3n) is 2.71. The predicted octanol–water partition coefficient (Wildman–Crippen LogP) is 2.78. The molecule has 0 fully saturated rings. The molecule has 2 rings (SSSR count). The molecule has 0 saturated heterocycles. The summed E-state index contributed by atoms with van der Waals surface area (Å²) in [5.74, 6) is 0.627. The molecule has 0 unspecified atom stereocenters. The quantitative estimate of drug-likeness (QED) is 0.727. The van der Waals surface area contributed by atoms with E-state index in [-0.39, 0.29) is 6.09 Å². The fraction of sp³-hybridized carbons (Fsp3) is 0.308. The van der Waals surface area contributed by atoms with Crippen LogP contribution in [-0.4, -0.2) is 24.1 Å². The first-order chi connectivity index (χ1) is 7.74. The van der Waals surface area contributed by atoms with E-state index in [1.165, 1.54) is 0 Å². The molecule has 0 aliphatic heterocycles. The Morgan fingerprint density at radius 3 is 2.62 bits per heavy atom. The second kappa shape index (κ2) is 4.39. The highest BCUT2D eigenvalue weighted by atomic mass is 16.6. The van der Waals surface area contributed by atoms with Crippen molar-refractivity contribution in [1.29, 1.82) is 0 Å². The number of amides is 1. The fourth-order valence-electron chi connectivity index (χ4n) is 1.77. The minimum Gasteiger partial charge on any atom is -0.410 e. The molecular weight excluding hydrogens is 202 g/mol. The summed E-state index contributed by atoms with van der Waals surface area (Å²) in [5.41, 5.74) is 2.23. The van der Waals surface area contributed by atoms with Gasteiger partial charge in [-0.05, 0) is 37.1 Å². The normalized spacial score (nSPS) is 16.5. The van der Waals surface area contributed by atoms with Crippen LogP contribution in [0.4, 0.5) is 4.79 Å². The second-order valence-corrected chi connectivity index (χ2v) is 3.67. The van der Waals surface area contributed by atoms with Gasteiger partial charge in [0, 0.05) is 13.1 Å². The van der Waals surface area contributed by atoms with Crippen molar-refractivity contribution in [2.24, 2.45) is 0 Å². The van der Waals surface area contributed by atoms with Crippen molar-refractivity contribution in [3.8, 4) is 0 Å². The summed E-state index contributed by atoms with van der Waals surface area (Å²) in [4.78, 5) is 13.3. The SMILES string of the molecule is CCN(CC)C(=O)OC1=CC2=CC=CC2=C1. The van der Waals surface area contributed by atoms with Gasteiger partial charge in [0.15, 0.2) is 0 Å². The molecule has 3 heteroatoms. The zero-order valence-corrected chi connectivity index (χ0v) is 9.56. The number of rotatable bonds is 3. The van der Waals surface area contributed by atoms with Crippen LogP contribution in [0.3, 0.4) is 0 Å². The molecule has 0 atom stereocenters. The van der Waals surface area contributed by atoms with Gasteiger partial charge < -0.3 is 9.64 Å². The van der Waals surface area contributed by atoms with Crippen LogP contribution in [0, 0.1) is 0 Å². The van der Waals surface area contributed by atoms with E-state index in [9.17, 15) is 4.79 Å². The molecule has 0 aromatic carbocycles. The molecule has 1 amide bonds. The van der Waals surface area contributed by atoms with Crippen LogP contribution in [0.15, 0.2) is 47.3 Å². The minimum atomic E-state index is -0.280. The highest BCUT2D eigenvalue weighted by molar-refractivity contribution is 5.71. The summed E-state index contributed by atoms with van der Waals surface area (Å²) in [6.07, 6.45) is 9.49. The van der Waals surface area contributed by atoms with Crippen LogP contribution in [-0.2, 0) is 4.74 Å². The van der Waals surface area contributed by atoms with Crippen LogP contribution >= 0.6 is 0 Å². The number of allylic oxidation sites excluding steroid dienone is 7. The van der Waals surface area contributed by atoms with E-state index in [2.05, 4.69) is 0 Å². The first-order valence-electron chi connectivity index (χ1n) is 5.53. The Labute approximate surface area is 95.4 Å². The zero-order chi connectivity index (χ0) is 11.5. The molecule has 0 bridgehead atoms. The van der Waals surface area contributed by atoms with Crippen molar-refractivity contribution in [3.63, 3.8) is 0 Å². The molecule has 0 radical (unpaired) electrons. The molecule has 0 aromatic rings. The monoisotopic (exact) mass is 217 g/mol. The lowest BCUT2D eigenvalue weighted by Crippen LogP contribution is -2.30. The highest BCUT2D eigenvalue weighted by Gasteiger charge is 2.18. The van der Waals surface area contributed by atoms with Gasteiger partial charge in [-0.25, -0.2) is 4.79 Å². The summed E-state index contributed by atoms with van der Waals surface area (Å²) in [5, 5.41) is 0. The Bertz CT molecular complexity index is 423. The minimum absolute atomic E-state index is 0.280. The first kappa shape index (κ1) is 10.7. The molecule has 0 N–H and O–H groups in total. The molecule has 84 valence electrons. The second-order valence-electron chi connectivity index (χ2n) is 3.67. The Hall–Kier alpha value is -1.77. The third kappa shape index (κ3) is 1.94. The molecule has 2 aliphatic rings. The molecule has 0 spiro atoms. The van der Waals surface area contributed by atoms with Gasteiger partial charge in [-0.3, -0.25) is 0 Å². The smallest absolute Gasteiger partial charge is 0.410 e. The van der Waals surface area contributed by atoms with E-state index in [4.69, 9.17) is 4.74 Å². The van der Waals surface area contributed by atoms with E-state index in [0.29, 0.717) is 18.8 Å². The van der Waals surface area contributed by atoms with Gasteiger partial charge in [0.2, 0.25) is 0 Å². The lowest BCUT2D eigenvalue weighted by Gasteiger charge is -2.17. The molecule has 0 heterocycles. The summed E-state index contributed by atoms with van der Waals surface area (Å²) < 4.78 is 5.29. The largest absolute Gasteiger partial charge is 0.415 e. The van der Waals surface area contributed by atoms with Gasteiger partial charge in [-0.2, -0.15) is 0 Å². The first-order valence-corrected chi connectivity index (χ1v) is 5.53. The standard InChI is InChI=1S/C13H15NO2/c1-3-14(4-2)13(15)16-12-8-10-6-5-7-11(10)9-12/h5-9H,3-4H2,1-2H3. The van der Waals surface area contributed by atoms with Crippen molar-refractivity contribution in [3.05, 3.63) is 47.3 Å². The molecule has 2 aliphatic carbocycles. The Morgan fingerprint density at radius 1 is 1.25 bits per heavy atom. The summed E-state index contributed by atoms with van der Waals surface area (Å²) in [6, 6.07) is 0. The number of hydrogen-bond donors (Lipinski definition) is 0. The van der Waals surface area contributed by atoms with Crippen molar-refractivity contribution < 1.29 is 9.53 Å². The van der Waals surface area contributed by atoms with Gasteiger partial charge in [-0.1, -0.05) is 18.2 Å². The number of hydrogen-bond acceptors (Lipinski definition) is 2. The van der Waals surface area contributed by atoms with Crippen LogP contribution in [0.5, 0.6) is 0 Å². The van der Waals surface area contributed by atoms with Gasteiger partial charge in [0.1, 0.15) is 5.76 Å². The molecular formula is C13H15NO2. The van der Waals surface area contributed by atoms with E-state index in [0.717, 1.165) is 11.1 Å². The van der Waals surface area contributed by atoms with E-state index in [1.807, 2.05) is 44.2 Å². The van der Waals surface area contributed by atoms with Crippen LogP contribution in [0.25, 0.3) is 0 Å². The highest BCUT2D eigenvalue weighted by Crippen LogP contribution is 2.29. The number of carbonyl (C=O) groups excluding carboxylic acids is 1. The molecule has 0 saturated carbocycles. The fourth-order valence-corrected chi connectivity index (χ4v) is 1.77. The van der Waals surface area contributed by atoms with E-state index < -0.39 is 0 Å². The van der Waals surface area contributed by atoms with Crippen LogP contribution < -0.4 is 0 Å². The van der Waals surface area contributed by atoms with Crippen molar-refractivity contribution in [1.82, 2.24) is 4.90 Å². The third-order valence-corrected chi connectivity index (χ3v) is 2.71. The Morgan fingerprint density at radius 2 is 2.00 bits per heavy atom. The lowest BCUT2D eigenvalue weighted by atomic mass is 10.2. The summed E-state index contributed by atoms with van der Waals surface area (Å²) in [7, 11) is 0. The number of ether oxygens (including phenoxy) is 1. The van der Waals surface area contributed by atoms with E-state index >= 15 is 0 Å². The molecule has 0 aromatic heterocycles. The average Bonchev–Trinajstić information content (AvgIpc) is 2.79. The maximum Gasteiger partial charge on any atom is 0.415 e. The van der Waals surface area contributed by atoms with Crippen molar-refractivity contribution in [2.75, 3.05) is 13.1 Å². The van der Waals surface area contributed by atoms with Gasteiger partial charge in [-0.15, -0.1) is 0 Å². The topological polar surface area (TPSA) is 29.5 Å². The lowest BCUT2D eigenvalue weighted by molar-refractivity contribution is 0.136.